The van der Waals surface area contributed by atoms with E-state index < -0.39 is 5.54 Å². The number of thioether (sulfide) groups is 1. The van der Waals surface area contributed by atoms with Gasteiger partial charge in [0.05, 0.1) is 11.3 Å². The summed E-state index contributed by atoms with van der Waals surface area (Å²) in [6.07, 6.45) is 1.21. The molecule has 1 aromatic rings. The summed E-state index contributed by atoms with van der Waals surface area (Å²) in [5.74, 6) is 3.88. The molecule has 0 aromatic carbocycles. The van der Waals surface area contributed by atoms with Crippen molar-refractivity contribution in [2.45, 2.75) is 45.4 Å². The predicted molar refractivity (Wildman–Crippen MR) is 67.1 cm³/mol. The lowest BCUT2D eigenvalue weighted by Gasteiger charge is -2.11. The highest BCUT2D eigenvalue weighted by molar-refractivity contribution is 7.98. The molecule has 0 aliphatic rings. The van der Waals surface area contributed by atoms with E-state index in [-0.39, 0.29) is 0 Å². The van der Waals surface area contributed by atoms with Crippen LogP contribution in [0.25, 0.3) is 0 Å². The van der Waals surface area contributed by atoms with Crippen LogP contribution >= 0.6 is 11.8 Å². The molecule has 0 fully saturated rings. The highest BCUT2D eigenvalue weighted by atomic mass is 32.2. The van der Waals surface area contributed by atoms with Crippen LogP contribution in [0.4, 0.5) is 0 Å². The van der Waals surface area contributed by atoms with Crippen LogP contribution in [-0.2, 0) is 11.3 Å². The first kappa shape index (κ1) is 13.5. The van der Waals surface area contributed by atoms with Gasteiger partial charge in [-0.1, -0.05) is 25.4 Å². The Bertz CT molecular complexity index is 319. The van der Waals surface area contributed by atoms with E-state index in [9.17, 15) is 0 Å². The Labute approximate surface area is 101 Å². The first-order valence-electron chi connectivity index (χ1n) is 5.63. The van der Waals surface area contributed by atoms with Gasteiger partial charge in [-0.05, 0) is 25.5 Å². The van der Waals surface area contributed by atoms with Crippen LogP contribution in [0.15, 0.2) is 4.52 Å². The number of rotatable bonds is 6. The molecule has 16 heavy (non-hydrogen) atoms. The molecule has 1 unspecified atom stereocenters. The number of hydrogen-bond donors (Lipinski definition) is 1. The Balaban J connectivity index is 2.41. The third-order valence-corrected chi connectivity index (χ3v) is 3.63. The van der Waals surface area contributed by atoms with Crippen LogP contribution in [0, 0.1) is 5.92 Å². The average Bonchev–Trinajstić information content (AvgIpc) is 2.65. The minimum atomic E-state index is -0.525. The molecule has 1 aromatic heterocycles. The molecule has 0 aliphatic carbocycles. The molecule has 1 atom stereocenters. The van der Waals surface area contributed by atoms with Crippen molar-refractivity contribution in [2.24, 2.45) is 11.7 Å². The molecule has 0 aliphatic heterocycles. The fourth-order valence-electron chi connectivity index (χ4n) is 1.04. The monoisotopic (exact) mass is 243 g/mol. The minimum absolute atomic E-state index is 0.525. The van der Waals surface area contributed by atoms with Crippen LogP contribution in [0.3, 0.4) is 0 Å². The Morgan fingerprint density at radius 2 is 2.19 bits per heavy atom. The molecular weight excluding hydrogens is 222 g/mol. The third kappa shape index (κ3) is 4.14. The quantitative estimate of drug-likeness (QED) is 0.831. The van der Waals surface area contributed by atoms with Gasteiger partial charge >= 0.3 is 0 Å². The Morgan fingerprint density at radius 3 is 2.69 bits per heavy atom. The highest BCUT2D eigenvalue weighted by Crippen LogP contribution is 2.18. The van der Waals surface area contributed by atoms with E-state index in [2.05, 4.69) is 24.0 Å². The van der Waals surface area contributed by atoms with Crippen LogP contribution in [-0.4, -0.2) is 15.9 Å². The fraction of sp³-hybridized carbons (Fsp3) is 0.818. The van der Waals surface area contributed by atoms with E-state index >= 15 is 0 Å². The fourth-order valence-corrected chi connectivity index (χ4v) is 2.09. The summed E-state index contributed by atoms with van der Waals surface area (Å²) in [7, 11) is 0. The maximum absolute atomic E-state index is 5.88. The summed E-state index contributed by atoms with van der Waals surface area (Å²) in [5, 5.41) is 3.88. The highest BCUT2D eigenvalue weighted by Gasteiger charge is 2.21. The molecule has 92 valence electrons. The van der Waals surface area contributed by atoms with Crippen molar-refractivity contribution < 1.29 is 4.52 Å². The maximum atomic E-state index is 5.88. The lowest BCUT2D eigenvalue weighted by Crippen LogP contribution is -2.30. The second-order valence-electron chi connectivity index (χ2n) is 4.76. The molecule has 1 heterocycles. The topological polar surface area (TPSA) is 64.9 Å². The lowest BCUT2D eigenvalue weighted by atomic mass is 10.1. The van der Waals surface area contributed by atoms with Gasteiger partial charge in [-0.3, -0.25) is 0 Å². The van der Waals surface area contributed by atoms with Gasteiger partial charge < -0.3 is 10.3 Å². The first-order valence-corrected chi connectivity index (χ1v) is 6.78. The van der Waals surface area contributed by atoms with Gasteiger partial charge in [0.25, 0.3) is 0 Å². The molecule has 5 heteroatoms. The van der Waals surface area contributed by atoms with Crippen molar-refractivity contribution in [3.63, 3.8) is 0 Å². The van der Waals surface area contributed by atoms with Crippen molar-refractivity contribution in [3.8, 4) is 0 Å². The lowest BCUT2D eigenvalue weighted by molar-refractivity contribution is 0.369. The molecule has 0 saturated heterocycles. The van der Waals surface area contributed by atoms with Gasteiger partial charge in [-0.2, -0.15) is 16.7 Å². The molecular formula is C11H21N3OS. The van der Waals surface area contributed by atoms with Crippen molar-refractivity contribution >= 4 is 11.8 Å². The second kappa shape index (κ2) is 5.68. The summed E-state index contributed by atoms with van der Waals surface area (Å²) < 4.78 is 5.14. The molecule has 1 rings (SSSR count). The summed E-state index contributed by atoms with van der Waals surface area (Å²) in [5.41, 5.74) is 5.35. The summed E-state index contributed by atoms with van der Waals surface area (Å²) in [4.78, 5) is 4.28. The number of aromatic nitrogens is 2. The molecule has 0 amide bonds. The van der Waals surface area contributed by atoms with E-state index in [1.54, 1.807) is 0 Å². The Hall–Kier alpha value is -0.550. The van der Waals surface area contributed by atoms with Crippen LogP contribution in [0.5, 0.6) is 0 Å². The van der Waals surface area contributed by atoms with E-state index in [0.717, 1.165) is 17.4 Å². The van der Waals surface area contributed by atoms with E-state index in [1.165, 1.54) is 6.42 Å². The minimum Gasteiger partial charge on any atom is -0.338 e. The van der Waals surface area contributed by atoms with Gasteiger partial charge in [-0.25, -0.2) is 0 Å². The van der Waals surface area contributed by atoms with Crippen molar-refractivity contribution in [1.82, 2.24) is 10.1 Å². The molecule has 0 radical (unpaired) electrons. The van der Waals surface area contributed by atoms with Crippen molar-refractivity contribution in [3.05, 3.63) is 11.7 Å². The number of nitrogens with zero attached hydrogens (tertiary/aromatic N) is 2. The molecule has 0 saturated carbocycles. The first-order chi connectivity index (χ1) is 7.43. The van der Waals surface area contributed by atoms with Crippen LogP contribution in [0.2, 0.25) is 0 Å². The van der Waals surface area contributed by atoms with Gasteiger partial charge in [0.2, 0.25) is 5.89 Å². The second-order valence-corrected chi connectivity index (χ2v) is 5.79. The number of hydrogen-bond acceptors (Lipinski definition) is 5. The maximum Gasteiger partial charge on any atom is 0.236 e. The van der Waals surface area contributed by atoms with E-state index in [4.69, 9.17) is 10.3 Å². The van der Waals surface area contributed by atoms with Crippen molar-refractivity contribution in [2.75, 3.05) is 5.75 Å². The summed E-state index contributed by atoms with van der Waals surface area (Å²) >= 11 is 1.83. The average molecular weight is 243 g/mol. The van der Waals surface area contributed by atoms with Crippen LogP contribution < -0.4 is 5.73 Å². The van der Waals surface area contributed by atoms with Gasteiger partial charge in [-0.15, -0.1) is 0 Å². The zero-order chi connectivity index (χ0) is 12.2. The number of nitrogens with two attached hydrogens (primary N) is 1. The van der Waals surface area contributed by atoms with Gasteiger partial charge in [0, 0.05) is 0 Å². The molecule has 4 nitrogen and oxygen atoms in total. The predicted octanol–water partition coefficient (Wildman–Crippen LogP) is 2.54. The zero-order valence-electron chi connectivity index (χ0n) is 10.5. The smallest absolute Gasteiger partial charge is 0.236 e. The molecule has 2 N–H and O–H groups in total. The van der Waals surface area contributed by atoms with Crippen molar-refractivity contribution in [1.29, 1.82) is 0 Å². The van der Waals surface area contributed by atoms with E-state index in [1.807, 2.05) is 25.6 Å². The van der Waals surface area contributed by atoms with Crippen LogP contribution in [0.1, 0.15) is 45.8 Å². The molecule has 0 spiro atoms. The Kier molecular flexibility index (Phi) is 4.80. The van der Waals surface area contributed by atoms with E-state index in [0.29, 0.717) is 11.7 Å². The summed E-state index contributed by atoms with van der Waals surface area (Å²) in [6, 6.07) is 0. The largest absolute Gasteiger partial charge is 0.338 e. The third-order valence-electron chi connectivity index (χ3n) is 2.37. The SMILES string of the molecule is CCC(C)CSCc1nc(C(C)(C)N)no1. The summed E-state index contributed by atoms with van der Waals surface area (Å²) in [6.45, 7) is 8.18. The standard InChI is InChI=1S/C11H21N3OS/c1-5-8(2)6-16-7-9-13-10(14-15-9)11(3,4)12/h8H,5-7,12H2,1-4H3. The zero-order valence-corrected chi connectivity index (χ0v) is 11.3. The Morgan fingerprint density at radius 1 is 1.50 bits per heavy atom. The molecule has 0 bridgehead atoms. The van der Waals surface area contributed by atoms with Gasteiger partial charge in [0.15, 0.2) is 5.82 Å². The normalized spacial score (nSPS) is 14.1. The van der Waals surface area contributed by atoms with Gasteiger partial charge in [0.1, 0.15) is 0 Å².